The molecule has 0 aromatic heterocycles. The van der Waals surface area contributed by atoms with Crippen molar-refractivity contribution >= 4 is 35.4 Å². The molecule has 17 heavy (non-hydrogen) atoms. The van der Waals surface area contributed by atoms with Crippen LogP contribution in [0.4, 0.5) is 0 Å². The summed E-state index contributed by atoms with van der Waals surface area (Å²) in [5.74, 6) is -0.253. The Kier molecular flexibility index (Phi) is 4.97. The van der Waals surface area contributed by atoms with Crippen molar-refractivity contribution in [3.8, 4) is 0 Å². The summed E-state index contributed by atoms with van der Waals surface area (Å²) in [5.41, 5.74) is 0.195. The molecule has 92 valence electrons. The summed E-state index contributed by atoms with van der Waals surface area (Å²) in [6.07, 6.45) is 4.87. The molecule has 1 fully saturated rings. The minimum atomic E-state index is -0.253. The van der Waals surface area contributed by atoms with Crippen LogP contribution in [0.5, 0.6) is 0 Å². The van der Waals surface area contributed by atoms with Crippen LogP contribution in [-0.4, -0.2) is 30.2 Å². The van der Waals surface area contributed by atoms with Gasteiger partial charge in [0.25, 0.3) is 5.91 Å². The third-order valence-corrected chi connectivity index (χ3v) is 2.69. The molecule has 0 aliphatic heterocycles. The molecule has 0 aromatic rings. The van der Waals surface area contributed by atoms with Crippen molar-refractivity contribution in [3.05, 3.63) is 34.9 Å². The van der Waals surface area contributed by atoms with E-state index in [2.05, 4.69) is 18.2 Å². The van der Waals surface area contributed by atoms with E-state index in [9.17, 15) is 4.79 Å². The van der Waals surface area contributed by atoms with Gasteiger partial charge in [0.1, 0.15) is 0 Å². The van der Waals surface area contributed by atoms with Crippen LogP contribution in [0, 0.1) is 0 Å². The van der Waals surface area contributed by atoms with Crippen LogP contribution in [0.15, 0.2) is 39.9 Å². The summed E-state index contributed by atoms with van der Waals surface area (Å²) < 4.78 is 0. The van der Waals surface area contributed by atoms with E-state index in [0.29, 0.717) is 0 Å². The number of carbonyl (C=O) groups is 1. The van der Waals surface area contributed by atoms with E-state index in [1.807, 2.05) is 0 Å². The average molecular weight is 273 g/mol. The Morgan fingerprint density at radius 2 is 2.00 bits per heavy atom. The molecule has 0 N–H and O–H groups in total. The summed E-state index contributed by atoms with van der Waals surface area (Å²) >= 11 is 11.5. The van der Waals surface area contributed by atoms with Gasteiger partial charge in [0.2, 0.25) is 0 Å². The van der Waals surface area contributed by atoms with E-state index in [1.165, 1.54) is 12.4 Å². The van der Waals surface area contributed by atoms with Gasteiger partial charge in [-0.1, -0.05) is 36.4 Å². The SMILES string of the molecule is C=C(Cl)/C=C(/Cl)C(=C)C(=O)N(/C=N\C)C1CC1. The van der Waals surface area contributed by atoms with Crippen LogP contribution in [0.25, 0.3) is 0 Å². The lowest BCUT2D eigenvalue weighted by molar-refractivity contribution is -0.123. The molecule has 3 nitrogen and oxygen atoms in total. The first-order chi connectivity index (χ1) is 7.97. The van der Waals surface area contributed by atoms with Crippen molar-refractivity contribution in [2.24, 2.45) is 4.99 Å². The first-order valence-corrected chi connectivity index (χ1v) is 5.88. The van der Waals surface area contributed by atoms with E-state index in [4.69, 9.17) is 23.2 Å². The second kappa shape index (κ2) is 6.03. The normalized spacial score (nSPS) is 16.1. The summed E-state index contributed by atoms with van der Waals surface area (Å²) in [6, 6.07) is 0.214. The molecule has 1 aliphatic carbocycles. The molecule has 0 atom stereocenters. The third kappa shape index (κ3) is 4.02. The molecule has 0 spiro atoms. The fraction of sp³-hybridized carbons (Fsp3) is 0.333. The molecule has 1 amide bonds. The number of amides is 1. The van der Waals surface area contributed by atoms with Crippen LogP contribution in [-0.2, 0) is 4.79 Å². The van der Waals surface area contributed by atoms with Gasteiger partial charge in [0.05, 0.1) is 16.9 Å². The topological polar surface area (TPSA) is 32.7 Å². The van der Waals surface area contributed by atoms with Gasteiger partial charge in [0.15, 0.2) is 0 Å². The molecule has 0 saturated heterocycles. The lowest BCUT2D eigenvalue weighted by Crippen LogP contribution is -2.32. The molecule has 5 heteroatoms. The van der Waals surface area contributed by atoms with Crippen LogP contribution in [0.3, 0.4) is 0 Å². The van der Waals surface area contributed by atoms with Crippen LogP contribution in [0.1, 0.15) is 12.8 Å². The van der Waals surface area contributed by atoms with Crippen LogP contribution in [0.2, 0.25) is 0 Å². The minimum Gasteiger partial charge on any atom is -0.296 e. The first kappa shape index (κ1) is 14.0. The molecule has 1 aliphatic rings. The Hall–Kier alpha value is -1.06. The summed E-state index contributed by atoms with van der Waals surface area (Å²) in [7, 11) is 1.61. The van der Waals surface area contributed by atoms with Gasteiger partial charge >= 0.3 is 0 Å². The summed E-state index contributed by atoms with van der Waals surface area (Å²) in [4.78, 5) is 17.5. The lowest BCUT2D eigenvalue weighted by atomic mass is 10.2. The van der Waals surface area contributed by atoms with E-state index >= 15 is 0 Å². The Balaban J connectivity index is 2.80. The van der Waals surface area contributed by atoms with E-state index in [-0.39, 0.29) is 27.6 Å². The van der Waals surface area contributed by atoms with Crippen molar-refractivity contribution in [1.29, 1.82) is 0 Å². The average Bonchev–Trinajstić information content (AvgIpc) is 3.06. The molecular formula is C12H14Cl2N2O. The van der Waals surface area contributed by atoms with Crippen LogP contribution < -0.4 is 0 Å². The molecule has 0 unspecified atom stereocenters. The molecule has 0 heterocycles. The van der Waals surface area contributed by atoms with E-state index in [1.54, 1.807) is 11.9 Å². The number of hydrogen-bond donors (Lipinski definition) is 0. The maximum absolute atomic E-state index is 12.1. The third-order valence-electron chi connectivity index (χ3n) is 2.24. The second-order valence-electron chi connectivity index (χ2n) is 3.73. The highest BCUT2D eigenvalue weighted by Gasteiger charge is 2.33. The van der Waals surface area contributed by atoms with Gasteiger partial charge in [-0.15, -0.1) is 0 Å². The van der Waals surface area contributed by atoms with Gasteiger partial charge in [-0.3, -0.25) is 14.7 Å². The first-order valence-electron chi connectivity index (χ1n) is 5.13. The maximum atomic E-state index is 12.1. The molecular weight excluding hydrogens is 259 g/mol. The van der Waals surface area contributed by atoms with Crippen LogP contribution >= 0.6 is 23.2 Å². The predicted octanol–water partition coefficient (Wildman–Crippen LogP) is 3.07. The zero-order valence-corrected chi connectivity index (χ0v) is 11.1. The van der Waals surface area contributed by atoms with Gasteiger partial charge in [-0.05, 0) is 18.9 Å². The second-order valence-corrected chi connectivity index (χ2v) is 4.63. The summed E-state index contributed by atoms with van der Waals surface area (Å²) in [5, 5.41) is 0.455. The van der Waals surface area contributed by atoms with Gasteiger partial charge < -0.3 is 0 Å². The Morgan fingerprint density at radius 3 is 2.41 bits per heavy atom. The maximum Gasteiger partial charge on any atom is 0.260 e. The number of hydrogen-bond acceptors (Lipinski definition) is 2. The Bertz CT molecular complexity index is 409. The quantitative estimate of drug-likeness (QED) is 0.328. The van der Waals surface area contributed by atoms with Crippen molar-refractivity contribution in [3.63, 3.8) is 0 Å². The highest BCUT2D eigenvalue weighted by atomic mass is 35.5. The predicted molar refractivity (Wildman–Crippen MR) is 72.4 cm³/mol. The van der Waals surface area contributed by atoms with E-state index in [0.717, 1.165) is 12.8 Å². The fourth-order valence-corrected chi connectivity index (χ4v) is 1.65. The van der Waals surface area contributed by atoms with Gasteiger partial charge in [0, 0.05) is 18.1 Å². The van der Waals surface area contributed by atoms with Crippen molar-refractivity contribution in [1.82, 2.24) is 4.90 Å². The number of nitrogens with zero attached hydrogens (tertiary/aromatic N) is 2. The minimum absolute atomic E-state index is 0.195. The zero-order chi connectivity index (χ0) is 13.0. The standard InChI is InChI=1S/C12H14Cl2N2O/c1-8(13)6-11(14)9(2)12(17)16(7-15-3)10-4-5-10/h6-7,10H,1-2,4-5H2,3H3/b11-6+,15-7-. The van der Waals surface area contributed by atoms with Gasteiger partial charge in [-0.2, -0.15) is 0 Å². The van der Waals surface area contributed by atoms with Crippen molar-refractivity contribution in [2.75, 3.05) is 7.05 Å². The van der Waals surface area contributed by atoms with Gasteiger partial charge in [-0.25, -0.2) is 0 Å². The molecule has 0 radical (unpaired) electrons. The highest BCUT2D eigenvalue weighted by Crippen LogP contribution is 2.28. The monoisotopic (exact) mass is 272 g/mol. The Labute approximate surface area is 111 Å². The zero-order valence-electron chi connectivity index (χ0n) is 9.62. The number of aliphatic imine (C=N–C) groups is 1. The smallest absolute Gasteiger partial charge is 0.260 e. The van der Waals surface area contributed by atoms with Crippen molar-refractivity contribution in [2.45, 2.75) is 18.9 Å². The molecule has 0 bridgehead atoms. The van der Waals surface area contributed by atoms with E-state index < -0.39 is 0 Å². The molecule has 1 rings (SSSR count). The number of halogens is 2. The largest absolute Gasteiger partial charge is 0.296 e. The highest BCUT2D eigenvalue weighted by molar-refractivity contribution is 6.38. The molecule has 0 aromatic carbocycles. The number of rotatable bonds is 5. The number of allylic oxidation sites excluding steroid dienone is 2. The fourth-order valence-electron chi connectivity index (χ4n) is 1.27. The lowest BCUT2D eigenvalue weighted by Gasteiger charge is -2.17. The van der Waals surface area contributed by atoms with Crippen molar-refractivity contribution < 1.29 is 4.79 Å². The Morgan fingerprint density at radius 1 is 1.41 bits per heavy atom. The summed E-state index contributed by atoms with van der Waals surface area (Å²) in [6.45, 7) is 7.15. The number of carbonyl (C=O) groups excluding carboxylic acids is 1. The molecule has 1 saturated carbocycles.